The fourth-order valence-corrected chi connectivity index (χ4v) is 3.51. The summed E-state index contributed by atoms with van der Waals surface area (Å²) in [7, 11) is 1.69. The number of nitrogens with zero attached hydrogens (tertiary/aromatic N) is 1. The molecule has 1 aromatic carbocycles. The molecule has 1 aromatic rings. The van der Waals surface area contributed by atoms with Gasteiger partial charge in [0, 0.05) is 18.7 Å². The first-order valence-corrected chi connectivity index (χ1v) is 8.32. The molecule has 1 heterocycles. The van der Waals surface area contributed by atoms with Gasteiger partial charge in [0.2, 0.25) is 0 Å². The van der Waals surface area contributed by atoms with E-state index in [1.54, 1.807) is 7.11 Å². The number of benzene rings is 1. The van der Waals surface area contributed by atoms with Crippen LogP contribution in [0.2, 0.25) is 0 Å². The van der Waals surface area contributed by atoms with E-state index in [9.17, 15) is 0 Å². The molecule has 0 unspecified atom stereocenters. The van der Waals surface area contributed by atoms with Crippen molar-refractivity contribution in [2.24, 2.45) is 0 Å². The number of methoxy groups -OCH3 is 1. The lowest BCUT2D eigenvalue weighted by Gasteiger charge is -2.44. The Bertz CT molecular complexity index is 529. The third kappa shape index (κ3) is 3.45. The summed E-state index contributed by atoms with van der Waals surface area (Å²) in [6.07, 6.45) is 6.30. The van der Waals surface area contributed by atoms with Crippen molar-refractivity contribution >= 4 is 0 Å². The first-order chi connectivity index (χ1) is 10.8. The summed E-state index contributed by atoms with van der Waals surface area (Å²) in [6.45, 7) is 3.70. The number of ether oxygens (including phenoxy) is 2. The molecule has 3 nitrogen and oxygen atoms in total. The van der Waals surface area contributed by atoms with Gasteiger partial charge in [-0.15, -0.1) is 0 Å². The van der Waals surface area contributed by atoms with E-state index in [4.69, 9.17) is 9.47 Å². The van der Waals surface area contributed by atoms with E-state index >= 15 is 0 Å². The highest BCUT2D eigenvalue weighted by atomic mass is 16.5. The maximum absolute atomic E-state index is 5.52. The van der Waals surface area contributed by atoms with E-state index in [0.29, 0.717) is 0 Å². The van der Waals surface area contributed by atoms with Gasteiger partial charge in [-0.1, -0.05) is 31.1 Å². The van der Waals surface area contributed by atoms with Crippen molar-refractivity contribution in [1.82, 2.24) is 4.90 Å². The van der Waals surface area contributed by atoms with E-state index in [0.717, 1.165) is 37.6 Å². The molecule has 0 amide bonds. The number of rotatable bonds is 2. The summed E-state index contributed by atoms with van der Waals surface area (Å²) in [5, 5.41) is 0. The summed E-state index contributed by atoms with van der Waals surface area (Å²) < 4.78 is 10.7. The predicted molar refractivity (Wildman–Crippen MR) is 88.1 cm³/mol. The molecule has 0 N–H and O–H groups in total. The van der Waals surface area contributed by atoms with Crippen molar-refractivity contribution in [1.29, 1.82) is 0 Å². The van der Waals surface area contributed by atoms with E-state index in [2.05, 4.69) is 16.7 Å². The highest BCUT2D eigenvalue weighted by Gasteiger charge is 2.37. The third-order valence-electron chi connectivity index (χ3n) is 4.83. The third-order valence-corrected chi connectivity index (χ3v) is 4.83. The van der Waals surface area contributed by atoms with Gasteiger partial charge >= 0.3 is 0 Å². The molecular weight excluding hydrogens is 274 g/mol. The molecule has 2 fully saturated rings. The summed E-state index contributed by atoms with van der Waals surface area (Å²) in [5.74, 6) is 7.93. The summed E-state index contributed by atoms with van der Waals surface area (Å²) in [6, 6.07) is 8.04. The molecule has 0 spiro atoms. The molecule has 1 saturated carbocycles. The standard InChI is InChI=1S/C19H25NO2/c1-21-18-7-5-17(6-8-18)9-12-19(10-3-2-4-11-19)20-13-15-22-16-14-20/h5-8H,2-4,10-11,13-16H2,1H3. The zero-order valence-corrected chi connectivity index (χ0v) is 13.4. The van der Waals surface area contributed by atoms with Crippen molar-refractivity contribution in [3.05, 3.63) is 29.8 Å². The quantitative estimate of drug-likeness (QED) is 0.783. The van der Waals surface area contributed by atoms with Crippen molar-refractivity contribution in [2.75, 3.05) is 33.4 Å². The fourth-order valence-electron chi connectivity index (χ4n) is 3.51. The van der Waals surface area contributed by atoms with Crippen LogP contribution in [-0.2, 0) is 4.74 Å². The van der Waals surface area contributed by atoms with Crippen LogP contribution in [0.5, 0.6) is 5.75 Å². The Kier molecular flexibility index (Phi) is 5.02. The van der Waals surface area contributed by atoms with Gasteiger partial charge in [-0.05, 0) is 37.1 Å². The Morgan fingerprint density at radius 1 is 1.05 bits per heavy atom. The second kappa shape index (κ2) is 7.17. The van der Waals surface area contributed by atoms with Gasteiger partial charge in [0.05, 0.1) is 25.9 Å². The molecule has 1 saturated heterocycles. The lowest BCUT2D eigenvalue weighted by molar-refractivity contribution is -0.0141. The normalized spacial score (nSPS) is 21.7. The molecule has 0 aromatic heterocycles. The van der Waals surface area contributed by atoms with Gasteiger partial charge < -0.3 is 9.47 Å². The Labute approximate surface area is 133 Å². The second-order valence-electron chi connectivity index (χ2n) is 6.17. The number of hydrogen-bond acceptors (Lipinski definition) is 3. The number of morpholine rings is 1. The molecule has 3 rings (SSSR count). The van der Waals surface area contributed by atoms with Crippen LogP contribution in [0.4, 0.5) is 0 Å². The first-order valence-electron chi connectivity index (χ1n) is 8.32. The van der Waals surface area contributed by atoms with Crippen LogP contribution >= 0.6 is 0 Å². The lowest BCUT2D eigenvalue weighted by Crippen LogP contribution is -2.53. The molecule has 22 heavy (non-hydrogen) atoms. The Morgan fingerprint density at radius 2 is 1.73 bits per heavy atom. The minimum Gasteiger partial charge on any atom is -0.497 e. The number of hydrogen-bond donors (Lipinski definition) is 0. The summed E-state index contributed by atoms with van der Waals surface area (Å²) >= 11 is 0. The van der Waals surface area contributed by atoms with Gasteiger partial charge in [-0.2, -0.15) is 0 Å². The van der Waals surface area contributed by atoms with Crippen LogP contribution in [0.1, 0.15) is 37.7 Å². The molecule has 1 aliphatic heterocycles. The lowest BCUT2D eigenvalue weighted by atomic mass is 9.80. The SMILES string of the molecule is COc1ccc(C#CC2(N3CCOCC3)CCCCC2)cc1. The average molecular weight is 299 g/mol. The first kappa shape index (κ1) is 15.4. The highest BCUT2D eigenvalue weighted by Crippen LogP contribution is 2.34. The molecule has 1 aliphatic carbocycles. The van der Waals surface area contributed by atoms with Gasteiger partial charge in [0.25, 0.3) is 0 Å². The topological polar surface area (TPSA) is 21.7 Å². The summed E-state index contributed by atoms with van der Waals surface area (Å²) in [4.78, 5) is 2.56. The predicted octanol–water partition coefficient (Wildman–Crippen LogP) is 3.08. The molecule has 0 radical (unpaired) electrons. The van der Waals surface area contributed by atoms with Crippen molar-refractivity contribution < 1.29 is 9.47 Å². The van der Waals surface area contributed by atoms with E-state index in [1.807, 2.05) is 24.3 Å². The van der Waals surface area contributed by atoms with Gasteiger partial charge in [0.1, 0.15) is 5.75 Å². The highest BCUT2D eigenvalue weighted by molar-refractivity contribution is 5.40. The monoisotopic (exact) mass is 299 g/mol. The van der Waals surface area contributed by atoms with Gasteiger partial charge in [-0.25, -0.2) is 0 Å². The maximum Gasteiger partial charge on any atom is 0.118 e. The Hall–Kier alpha value is -1.50. The molecule has 2 aliphatic rings. The van der Waals surface area contributed by atoms with Gasteiger partial charge in [-0.3, -0.25) is 4.90 Å². The van der Waals surface area contributed by atoms with Crippen molar-refractivity contribution in [2.45, 2.75) is 37.6 Å². The van der Waals surface area contributed by atoms with E-state index in [1.165, 1.54) is 32.1 Å². The minimum atomic E-state index is 0.0575. The van der Waals surface area contributed by atoms with Crippen LogP contribution in [0, 0.1) is 11.8 Å². The Balaban J connectivity index is 1.81. The molecule has 0 bridgehead atoms. The maximum atomic E-state index is 5.52. The van der Waals surface area contributed by atoms with Crippen LogP contribution in [0.3, 0.4) is 0 Å². The fraction of sp³-hybridized carbons (Fsp3) is 0.579. The average Bonchev–Trinajstić information content (AvgIpc) is 2.62. The Morgan fingerprint density at radius 3 is 2.36 bits per heavy atom. The van der Waals surface area contributed by atoms with E-state index in [-0.39, 0.29) is 5.54 Å². The molecular formula is C19H25NO2. The zero-order valence-electron chi connectivity index (χ0n) is 13.4. The van der Waals surface area contributed by atoms with Crippen molar-refractivity contribution in [3.63, 3.8) is 0 Å². The second-order valence-corrected chi connectivity index (χ2v) is 6.17. The van der Waals surface area contributed by atoms with Crippen LogP contribution in [0.15, 0.2) is 24.3 Å². The van der Waals surface area contributed by atoms with Crippen molar-refractivity contribution in [3.8, 4) is 17.6 Å². The summed E-state index contributed by atoms with van der Waals surface area (Å²) in [5.41, 5.74) is 1.13. The smallest absolute Gasteiger partial charge is 0.118 e. The van der Waals surface area contributed by atoms with Crippen LogP contribution in [0.25, 0.3) is 0 Å². The van der Waals surface area contributed by atoms with Crippen LogP contribution < -0.4 is 4.74 Å². The zero-order chi connectivity index (χ0) is 15.3. The minimum absolute atomic E-state index is 0.0575. The van der Waals surface area contributed by atoms with Crippen LogP contribution in [-0.4, -0.2) is 43.9 Å². The van der Waals surface area contributed by atoms with Gasteiger partial charge in [0.15, 0.2) is 0 Å². The molecule has 0 atom stereocenters. The van der Waals surface area contributed by atoms with E-state index < -0.39 is 0 Å². The molecule has 118 valence electrons. The molecule has 3 heteroatoms. The largest absolute Gasteiger partial charge is 0.497 e.